The van der Waals surface area contributed by atoms with Gasteiger partial charge in [-0.2, -0.15) is 0 Å². The Morgan fingerprint density at radius 2 is 1.76 bits per heavy atom. The van der Waals surface area contributed by atoms with Gasteiger partial charge in [-0.05, 0) is 36.4 Å². The van der Waals surface area contributed by atoms with Gasteiger partial charge >= 0.3 is 5.97 Å². The summed E-state index contributed by atoms with van der Waals surface area (Å²) < 4.78 is 12.9. The topological polar surface area (TPSA) is 92.2 Å². The second kappa shape index (κ2) is 7.04. The van der Waals surface area contributed by atoms with E-state index >= 15 is 0 Å². The summed E-state index contributed by atoms with van der Waals surface area (Å²) in [4.78, 5) is 32.2. The largest absolute Gasteiger partial charge is 0.480 e. The number of fused-ring (bicyclic) bond motifs is 1. The number of carboxylic acid groups (broad SMARTS) is 1. The quantitative estimate of drug-likeness (QED) is 0.743. The molecule has 7 heteroatoms. The van der Waals surface area contributed by atoms with Gasteiger partial charge in [-0.15, -0.1) is 0 Å². The van der Waals surface area contributed by atoms with Crippen molar-refractivity contribution in [2.75, 3.05) is 0 Å². The third-order valence-corrected chi connectivity index (χ3v) is 3.62. The SMILES string of the molecule is O=C(N[C@@H](Cc1cnc2ccccc2n1)C(=O)O)c1ccc(F)cc1. The number of nitrogens with zero attached hydrogens (tertiary/aromatic N) is 2. The number of benzene rings is 2. The molecule has 6 nitrogen and oxygen atoms in total. The highest BCUT2D eigenvalue weighted by Gasteiger charge is 2.22. The summed E-state index contributed by atoms with van der Waals surface area (Å²) in [6, 6.07) is 10.9. The summed E-state index contributed by atoms with van der Waals surface area (Å²) in [5, 5.41) is 11.8. The minimum Gasteiger partial charge on any atom is -0.480 e. The first-order valence-corrected chi connectivity index (χ1v) is 7.53. The summed E-state index contributed by atoms with van der Waals surface area (Å²) in [5.41, 5.74) is 1.98. The number of carboxylic acids is 1. The highest BCUT2D eigenvalue weighted by Crippen LogP contribution is 2.10. The number of nitrogens with one attached hydrogen (secondary N) is 1. The van der Waals surface area contributed by atoms with Crippen molar-refractivity contribution < 1.29 is 19.1 Å². The summed E-state index contributed by atoms with van der Waals surface area (Å²) in [6.07, 6.45) is 1.47. The number of hydrogen-bond donors (Lipinski definition) is 2. The molecule has 2 N–H and O–H groups in total. The van der Waals surface area contributed by atoms with Crippen molar-refractivity contribution in [3.8, 4) is 0 Å². The molecule has 3 rings (SSSR count). The van der Waals surface area contributed by atoms with Gasteiger partial charge in [0.25, 0.3) is 5.91 Å². The maximum Gasteiger partial charge on any atom is 0.326 e. The summed E-state index contributed by atoms with van der Waals surface area (Å²) >= 11 is 0. The number of amides is 1. The van der Waals surface area contributed by atoms with E-state index in [1.54, 1.807) is 12.1 Å². The number of aromatic nitrogens is 2. The Balaban J connectivity index is 1.77. The average Bonchev–Trinajstić information content (AvgIpc) is 2.61. The summed E-state index contributed by atoms with van der Waals surface area (Å²) in [5.74, 6) is -2.26. The molecule has 0 aliphatic carbocycles. The van der Waals surface area contributed by atoms with E-state index in [9.17, 15) is 19.1 Å². The Morgan fingerprint density at radius 3 is 2.44 bits per heavy atom. The molecule has 0 spiro atoms. The first-order chi connectivity index (χ1) is 12.0. The van der Waals surface area contributed by atoms with Crippen molar-refractivity contribution >= 4 is 22.9 Å². The first kappa shape index (κ1) is 16.5. The lowest BCUT2D eigenvalue weighted by atomic mass is 10.1. The Hall–Kier alpha value is -3.35. The lowest BCUT2D eigenvalue weighted by Crippen LogP contribution is -2.42. The molecule has 1 heterocycles. The first-order valence-electron chi connectivity index (χ1n) is 7.53. The fourth-order valence-electron chi connectivity index (χ4n) is 2.35. The molecule has 1 atom stereocenters. The number of halogens is 1. The van der Waals surface area contributed by atoms with E-state index in [0.717, 1.165) is 12.1 Å². The highest BCUT2D eigenvalue weighted by molar-refractivity contribution is 5.96. The van der Waals surface area contributed by atoms with Crippen molar-refractivity contribution in [3.05, 3.63) is 71.8 Å². The van der Waals surface area contributed by atoms with Gasteiger partial charge in [-0.3, -0.25) is 9.78 Å². The molecular weight excluding hydrogens is 325 g/mol. The molecule has 0 aliphatic heterocycles. The van der Waals surface area contributed by atoms with E-state index in [0.29, 0.717) is 16.7 Å². The predicted octanol–water partition coefficient (Wildman–Crippen LogP) is 2.19. The molecule has 3 aromatic rings. The van der Waals surface area contributed by atoms with Crippen molar-refractivity contribution in [3.63, 3.8) is 0 Å². The van der Waals surface area contributed by atoms with Crippen LogP contribution >= 0.6 is 0 Å². The zero-order valence-corrected chi connectivity index (χ0v) is 13.0. The van der Waals surface area contributed by atoms with Gasteiger partial charge in [0.1, 0.15) is 11.9 Å². The van der Waals surface area contributed by atoms with Crippen LogP contribution in [0, 0.1) is 5.82 Å². The van der Waals surface area contributed by atoms with Crippen LogP contribution in [-0.4, -0.2) is 33.0 Å². The Bertz CT molecular complexity index is 928. The molecule has 126 valence electrons. The van der Waals surface area contributed by atoms with E-state index in [1.165, 1.54) is 18.3 Å². The van der Waals surface area contributed by atoms with Gasteiger partial charge in [-0.1, -0.05) is 12.1 Å². The van der Waals surface area contributed by atoms with E-state index in [2.05, 4.69) is 15.3 Å². The number of aliphatic carboxylic acids is 1. The summed E-state index contributed by atoms with van der Waals surface area (Å²) in [7, 11) is 0. The maximum absolute atomic E-state index is 12.9. The fourth-order valence-corrected chi connectivity index (χ4v) is 2.35. The molecule has 0 bridgehead atoms. The number of para-hydroxylation sites is 2. The van der Waals surface area contributed by atoms with Crippen LogP contribution in [0.4, 0.5) is 4.39 Å². The Labute approximate surface area is 142 Å². The Morgan fingerprint density at radius 1 is 1.08 bits per heavy atom. The van der Waals surface area contributed by atoms with Crippen LogP contribution in [0.25, 0.3) is 11.0 Å². The van der Waals surface area contributed by atoms with Gasteiger partial charge in [0.05, 0.1) is 16.7 Å². The minimum atomic E-state index is -1.19. The van der Waals surface area contributed by atoms with Crippen molar-refractivity contribution in [2.24, 2.45) is 0 Å². The maximum atomic E-state index is 12.9. The normalized spacial score (nSPS) is 11.9. The van der Waals surface area contributed by atoms with Crippen molar-refractivity contribution in [1.29, 1.82) is 0 Å². The molecule has 0 saturated heterocycles. The minimum absolute atomic E-state index is 0.0138. The van der Waals surface area contributed by atoms with Gasteiger partial charge < -0.3 is 10.4 Å². The fraction of sp³-hybridized carbons (Fsp3) is 0.111. The van der Waals surface area contributed by atoms with E-state index in [4.69, 9.17) is 0 Å². The third kappa shape index (κ3) is 3.95. The number of hydrogen-bond acceptors (Lipinski definition) is 4. The van der Waals surface area contributed by atoms with Crippen LogP contribution in [0.2, 0.25) is 0 Å². The molecule has 0 radical (unpaired) electrons. The van der Waals surface area contributed by atoms with Crippen LogP contribution in [0.15, 0.2) is 54.7 Å². The zero-order valence-electron chi connectivity index (χ0n) is 13.0. The van der Waals surface area contributed by atoms with Crippen LogP contribution in [0.3, 0.4) is 0 Å². The molecule has 25 heavy (non-hydrogen) atoms. The van der Waals surface area contributed by atoms with Crippen LogP contribution in [0.1, 0.15) is 16.1 Å². The molecule has 1 aromatic heterocycles. The van der Waals surface area contributed by atoms with E-state index < -0.39 is 23.7 Å². The molecular formula is C18H14FN3O3. The molecule has 0 aliphatic rings. The van der Waals surface area contributed by atoms with Gasteiger partial charge in [-0.25, -0.2) is 14.2 Å². The molecule has 2 aromatic carbocycles. The van der Waals surface area contributed by atoms with Crippen LogP contribution < -0.4 is 5.32 Å². The summed E-state index contributed by atoms with van der Waals surface area (Å²) in [6.45, 7) is 0. The van der Waals surface area contributed by atoms with Crippen LogP contribution in [-0.2, 0) is 11.2 Å². The molecule has 0 saturated carbocycles. The second-order valence-corrected chi connectivity index (χ2v) is 5.43. The van der Waals surface area contributed by atoms with Gasteiger partial charge in [0, 0.05) is 18.2 Å². The lowest BCUT2D eigenvalue weighted by molar-refractivity contribution is -0.139. The standard InChI is InChI=1S/C18H14FN3O3/c19-12-7-5-11(6-8-12)17(23)22-16(18(24)25)9-13-10-20-14-3-1-2-4-15(14)21-13/h1-8,10,16H,9H2,(H,22,23)(H,24,25)/t16-/m0/s1. The number of carbonyl (C=O) groups excluding carboxylic acids is 1. The number of rotatable bonds is 5. The predicted molar refractivity (Wildman–Crippen MR) is 88.5 cm³/mol. The molecule has 1 amide bonds. The van der Waals surface area contributed by atoms with Gasteiger partial charge in [0.2, 0.25) is 0 Å². The molecule has 0 fully saturated rings. The molecule has 0 unspecified atom stereocenters. The van der Waals surface area contributed by atoms with Gasteiger partial charge in [0.15, 0.2) is 0 Å². The highest BCUT2D eigenvalue weighted by atomic mass is 19.1. The average molecular weight is 339 g/mol. The van der Waals surface area contributed by atoms with E-state index in [-0.39, 0.29) is 12.0 Å². The lowest BCUT2D eigenvalue weighted by Gasteiger charge is -2.14. The Kier molecular flexibility index (Phi) is 4.65. The zero-order chi connectivity index (χ0) is 17.8. The smallest absolute Gasteiger partial charge is 0.326 e. The van der Waals surface area contributed by atoms with Crippen LogP contribution in [0.5, 0.6) is 0 Å². The third-order valence-electron chi connectivity index (χ3n) is 3.62. The van der Waals surface area contributed by atoms with Crippen molar-refractivity contribution in [2.45, 2.75) is 12.5 Å². The second-order valence-electron chi connectivity index (χ2n) is 5.43. The van der Waals surface area contributed by atoms with E-state index in [1.807, 2.05) is 12.1 Å². The number of carbonyl (C=O) groups is 2. The monoisotopic (exact) mass is 339 g/mol. The van der Waals surface area contributed by atoms with Crippen molar-refractivity contribution in [1.82, 2.24) is 15.3 Å².